The van der Waals surface area contributed by atoms with E-state index in [0.29, 0.717) is 41.2 Å². The van der Waals surface area contributed by atoms with E-state index in [0.717, 1.165) is 11.8 Å². The predicted octanol–water partition coefficient (Wildman–Crippen LogP) is 5.56. The Labute approximate surface area is 315 Å². The number of carbonyl (C=O) groups excluding carboxylic acids is 5. The Morgan fingerprint density at radius 3 is 2.32 bits per heavy atom. The highest BCUT2D eigenvalue weighted by molar-refractivity contribution is 8.13. The van der Waals surface area contributed by atoms with E-state index in [1.807, 2.05) is 27.7 Å². The van der Waals surface area contributed by atoms with Crippen LogP contribution in [0.5, 0.6) is 0 Å². The van der Waals surface area contributed by atoms with Crippen LogP contribution in [0.4, 0.5) is 4.79 Å². The molecule has 4 aliphatic rings. The third-order valence-electron chi connectivity index (χ3n) is 11.5. The number of benzene rings is 1. The van der Waals surface area contributed by atoms with Gasteiger partial charge >= 0.3 is 17.9 Å². The fraction of sp³-hybridized carbons (Fsp3) is 0.625. The Morgan fingerprint density at radius 1 is 1.06 bits per heavy atom. The van der Waals surface area contributed by atoms with Crippen molar-refractivity contribution in [1.29, 1.82) is 0 Å². The number of nitrogens with one attached hydrogen (secondary N) is 1. The van der Waals surface area contributed by atoms with Crippen LogP contribution in [0.25, 0.3) is 0 Å². The van der Waals surface area contributed by atoms with Crippen molar-refractivity contribution in [3.63, 3.8) is 0 Å². The first kappa shape index (κ1) is 40.5. The average molecular weight is 756 g/mol. The summed E-state index contributed by atoms with van der Waals surface area (Å²) in [5.74, 6) is -2.83. The zero-order valence-corrected chi connectivity index (χ0v) is 32.7. The van der Waals surface area contributed by atoms with Crippen molar-refractivity contribution in [1.82, 2.24) is 5.32 Å². The normalized spacial score (nSPS) is 32.1. The smallest absolute Gasteiger partial charge is 0.338 e. The van der Waals surface area contributed by atoms with Gasteiger partial charge in [0.15, 0.2) is 17.5 Å². The van der Waals surface area contributed by atoms with E-state index < -0.39 is 82.5 Å². The second-order valence-electron chi connectivity index (χ2n) is 16.0. The zero-order valence-electron chi connectivity index (χ0n) is 31.9. The van der Waals surface area contributed by atoms with Crippen molar-refractivity contribution >= 4 is 40.7 Å². The minimum absolute atomic E-state index is 0.0125. The number of Topliss-reactive ketones (excluding diaryl/α,β-unsaturated/α-hetero) is 1. The van der Waals surface area contributed by atoms with Gasteiger partial charge in [0, 0.05) is 30.9 Å². The van der Waals surface area contributed by atoms with Crippen molar-refractivity contribution in [2.75, 3.05) is 18.9 Å². The van der Waals surface area contributed by atoms with Gasteiger partial charge in [-0.3, -0.25) is 19.2 Å². The molecule has 2 N–H and O–H groups in total. The number of hydrogen-bond acceptors (Lipinski definition) is 12. The van der Waals surface area contributed by atoms with Gasteiger partial charge in [-0.2, -0.15) is 0 Å². The van der Waals surface area contributed by atoms with Gasteiger partial charge in [-0.1, -0.05) is 71.2 Å². The lowest BCUT2D eigenvalue weighted by atomic mass is 9.46. The highest BCUT2D eigenvalue weighted by Crippen LogP contribution is 2.63. The van der Waals surface area contributed by atoms with Crippen molar-refractivity contribution in [3.05, 3.63) is 59.4 Å². The first-order valence-electron chi connectivity index (χ1n) is 18.3. The Balaban J connectivity index is 1.62. The molecule has 1 saturated heterocycles. The molecule has 2 saturated carbocycles. The summed E-state index contributed by atoms with van der Waals surface area (Å²) in [5, 5.41) is 13.4. The molecule has 3 aliphatic carbocycles. The average Bonchev–Trinajstić information content (AvgIpc) is 3.07. The lowest BCUT2D eigenvalue weighted by Gasteiger charge is -2.65. The van der Waals surface area contributed by atoms with Crippen LogP contribution in [-0.2, 0) is 38.1 Å². The van der Waals surface area contributed by atoms with Crippen LogP contribution in [0.2, 0.25) is 0 Å². The number of esters is 3. The van der Waals surface area contributed by atoms with Crippen molar-refractivity contribution < 1.29 is 52.8 Å². The number of ketones is 1. The number of aliphatic hydroxyl groups excluding tert-OH is 1. The molecule has 290 valence electrons. The molecule has 0 spiro atoms. The van der Waals surface area contributed by atoms with Crippen LogP contribution in [0.3, 0.4) is 0 Å². The van der Waals surface area contributed by atoms with Gasteiger partial charge in [0.25, 0.3) is 5.24 Å². The van der Waals surface area contributed by atoms with Crippen LogP contribution >= 0.6 is 11.8 Å². The van der Waals surface area contributed by atoms with Gasteiger partial charge in [-0.15, -0.1) is 0 Å². The van der Waals surface area contributed by atoms with Gasteiger partial charge in [0.2, 0.25) is 0 Å². The number of fused-ring (bicyclic) bond motifs is 5. The van der Waals surface area contributed by atoms with Gasteiger partial charge in [-0.25, -0.2) is 4.79 Å². The number of hydrogen-bond donors (Lipinski definition) is 2. The molecule has 1 amide bonds. The molecular formula is C40H53NO11S. The van der Waals surface area contributed by atoms with E-state index >= 15 is 4.79 Å². The Kier molecular flexibility index (Phi) is 11.9. The van der Waals surface area contributed by atoms with Crippen LogP contribution in [0.15, 0.2) is 53.8 Å². The maximum atomic E-state index is 15.2. The molecule has 1 aromatic carbocycles. The standard InChI is InChI=1S/C40H53NO11S/c1-21(2)19-53-37(47)41-18-28(44)23(4)49-29-17-27-32(51-36(46)26-13-11-10-12-14-26)34-39(9,16-15-30-40(34,20-48-30)52-25(6)43)35(45)33(50-24(5)42)31(22(29)3)38(27,7)8/h10-14,21,27-30,32-34,44H,4,15-20H2,1-3,5-9H3,(H,41,47)/t27?,28-,29+,30?,32-,33?,34+,39-,40+/m1/s1. The number of thioether (sulfide) groups is 1. The molecule has 1 heterocycles. The number of amides is 1. The monoisotopic (exact) mass is 755 g/mol. The molecule has 0 aromatic heterocycles. The minimum atomic E-state index is -1.34. The lowest BCUT2D eigenvalue weighted by Crippen LogP contribution is -2.76. The molecule has 2 bridgehead atoms. The van der Waals surface area contributed by atoms with E-state index in [9.17, 15) is 24.3 Å². The highest BCUT2D eigenvalue weighted by Gasteiger charge is 2.73. The summed E-state index contributed by atoms with van der Waals surface area (Å²) >= 11 is 1.12. The maximum Gasteiger partial charge on any atom is 0.338 e. The Morgan fingerprint density at radius 2 is 1.74 bits per heavy atom. The fourth-order valence-corrected chi connectivity index (χ4v) is 9.64. The summed E-state index contributed by atoms with van der Waals surface area (Å²) in [6.45, 7) is 17.8. The SMILES string of the molecule is C=C(O[C@H]1CC2[C@@H](OC(=O)c3ccccc3)[C@H]3[C@@](C)(CCC4OC[C@]43OC(C)=O)C(=O)C(OC(C)=O)C(=C1C)C2(C)C)[C@H](O)CNC(=O)SCC(C)C. The lowest BCUT2D eigenvalue weighted by molar-refractivity contribution is -0.320. The molecular weight excluding hydrogens is 703 g/mol. The number of aliphatic hydroxyl groups is 1. The predicted molar refractivity (Wildman–Crippen MR) is 197 cm³/mol. The number of ether oxygens (including phenoxy) is 5. The van der Waals surface area contributed by atoms with E-state index in [4.69, 9.17) is 23.7 Å². The molecule has 0 radical (unpaired) electrons. The molecule has 5 rings (SSSR count). The van der Waals surface area contributed by atoms with Gasteiger partial charge in [0.1, 0.15) is 30.2 Å². The molecule has 1 aromatic rings. The third kappa shape index (κ3) is 7.80. The largest absolute Gasteiger partial charge is 0.488 e. The van der Waals surface area contributed by atoms with E-state index in [-0.39, 0.29) is 30.6 Å². The van der Waals surface area contributed by atoms with Gasteiger partial charge < -0.3 is 34.1 Å². The molecule has 13 heteroatoms. The van der Waals surface area contributed by atoms with E-state index in [2.05, 4.69) is 11.9 Å². The second kappa shape index (κ2) is 15.6. The molecule has 3 fully saturated rings. The summed E-state index contributed by atoms with van der Waals surface area (Å²) in [6.07, 6.45) is -4.09. The van der Waals surface area contributed by atoms with Crippen LogP contribution in [0.1, 0.15) is 85.0 Å². The Hall–Kier alpha value is -3.68. The first-order valence-corrected chi connectivity index (χ1v) is 19.3. The van der Waals surface area contributed by atoms with Gasteiger partial charge in [-0.05, 0) is 60.8 Å². The highest BCUT2D eigenvalue weighted by atomic mass is 32.2. The zero-order chi connectivity index (χ0) is 39.0. The summed E-state index contributed by atoms with van der Waals surface area (Å²) in [5.41, 5.74) is -2.13. The van der Waals surface area contributed by atoms with Gasteiger partial charge in [0.05, 0.1) is 24.6 Å². The molecule has 53 heavy (non-hydrogen) atoms. The first-order chi connectivity index (χ1) is 24.8. The third-order valence-corrected chi connectivity index (χ3v) is 12.7. The molecule has 12 nitrogen and oxygen atoms in total. The molecule has 3 unspecified atom stereocenters. The summed E-state index contributed by atoms with van der Waals surface area (Å²) in [7, 11) is 0. The van der Waals surface area contributed by atoms with E-state index in [1.54, 1.807) is 44.2 Å². The summed E-state index contributed by atoms with van der Waals surface area (Å²) in [4.78, 5) is 67.3. The topological polar surface area (TPSA) is 164 Å². The maximum absolute atomic E-state index is 15.2. The quantitative estimate of drug-likeness (QED) is 0.125. The summed E-state index contributed by atoms with van der Waals surface area (Å²) < 4.78 is 31.1. The van der Waals surface area contributed by atoms with Crippen molar-refractivity contribution in [2.24, 2.45) is 28.6 Å². The van der Waals surface area contributed by atoms with Crippen molar-refractivity contribution in [3.8, 4) is 0 Å². The fourth-order valence-electron chi connectivity index (χ4n) is 8.97. The van der Waals surface area contributed by atoms with Crippen LogP contribution in [-0.4, -0.2) is 89.1 Å². The molecule has 1 aliphatic heterocycles. The minimum Gasteiger partial charge on any atom is -0.488 e. The molecule has 9 atom stereocenters. The summed E-state index contributed by atoms with van der Waals surface area (Å²) in [6, 6.07) is 8.52. The number of rotatable bonds is 11. The van der Waals surface area contributed by atoms with Crippen molar-refractivity contribution in [2.45, 2.75) is 111 Å². The van der Waals surface area contributed by atoms with Crippen LogP contribution in [0, 0.1) is 28.6 Å². The van der Waals surface area contributed by atoms with E-state index in [1.165, 1.54) is 13.8 Å². The van der Waals surface area contributed by atoms with Crippen LogP contribution < -0.4 is 5.32 Å². The second-order valence-corrected chi connectivity index (χ2v) is 17.0. The Bertz CT molecular complexity index is 1660. The number of carbonyl (C=O) groups is 5.